The smallest absolute Gasteiger partial charge is 0.260 e. The number of piperidine rings is 1. The zero-order valence-corrected chi connectivity index (χ0v) is 13.3. The third-order valence-electron chi connectivity index (χ3n) is 5.70. The van der Waals surface area contributed by atoms with Crippen LogP contribution >= 0.6 is 0 Å². The van der Waals surface area contributed by atoms with E-state index in [1.54, 1.807) is 6.20 Å². The van der Waals surface area contributed by atoms with Crippen molar-refractivity contribution in [3.05, 3.63) is 11.8 Å². The van der Waals surface area contributed by atoms with E-state index in [-0.39, 0.29) is 5.91 Å². The minimum Gasteiger partial charge on any atom is -0.477 e. The third-order valence-corrected chi connectivity index (χ3v) is 5.70. The highest BCUT2D eigenvalue weighted by molar-refractivity contribution is 5.96. The Morgan fingerprint density at radius 1 is 1.18 bits per heavy atom. The summed E-state index contributed by atoms with van der Waals surface area (Å²) in [5, 5.41) is 4.29. The van der Waals surface area contributed by atoms with Crippen LogP contribution < -0.4 is 4.74 Å². The maximum Gasteiger partial charge on any atom is 0.260 e. The number of carbonyl (C=O) groups excluding carboxylic acids is 1. The van der Waals surface area contributed by atoms with Crippen molar-refractivity contribution in [2.24, 2.45) is 0 Å². The van der Waals surface area contributed by atoms with E-state index in [9.17, 15) is 4.79 Å². The van der Waals surface area contributed by atoms with Gasteiger partial charge in [0.1, 0.15) is 5.56 Å². The molecule has 1 aromatic rings. The van der Waals surface area contributed by atoms with E-state index in [1.807, 2.05) is 9.58 Å². The van der Waals surface area contributed by atoms with Crippen LogP contribution in [0.15, 0.2) is 6.20 Å². The molecule has 0 aliphatic carbocycles. The van der Waals surface area contributed by atoms with Gasteiger partial charge in [-0.15, -0.1) is 0 Å². The van der Waals surface area contributed by atoms with E-state index in [2.05, 4.69) is 17.0 Å². The normalized spacial score (nSPS) is 24.3. The fourth-order valence-corrected chi connectivity index (χ4v) is 4.22. The van der Waals surface area contributed by atoms with E-state index in [0.717, 1.165) is 38.9 Å². The number of rotatable bonds is 1. The number of fused-ring (bicyclic) bond motifs is 1. The van der Waals surface area contributed by atoms with E-state index < -0.39 is 0 Å². The van der Waals surface area contributed by atoms with E-state index >= 15 is 0 Å². The topological polar surface area (TPSA) is 50.6 Å². The highest BCUT2D eigenvalue weighted by atomic mass is 16.5. The van der Waals surface area contributed by atoms with Crippen molar-refractivity contribution in [2.75, 3.05) is 33.3 Å². The molecule has 0 N–H and O–H groups in total. The molecule has 0 aromatic carbocycles. The van der Waals surface area contributed by atoms with Crippen LogP contribution in [0.4, 0.5) is 0 Å². The van der Waals surface area contributed by atoms with Gasteiger partial charge in [-0.2, -0.15) is 5.10 Å². The second-order valence-electron chi connectivity index (χ2n) is 6.83. The predicted octanol–water partition coefficient (Wildman–Crippen LogP) is 1.37. The molecule has 6 heteroatoms. The summed E-state index contributed by atoms with van der Waals surface area (Å²) in [6.45, 7) is 4.40. The number of carbonyl (C=O) groups is 1. The molecular weight excluding hydrogens is 280 g/mol. The highest BCUT2D eigenvalue weighted by Gasteiger charge is 2.42. The molecule has 3 aliphatic rings. The predicted molar refractivity (Wildman–Crippen MR) is 82.1 cm³/mol. The van der Waals surface area contributed by atoms with Gasteiger partial charge in [0, 0.05) is 31.6 Å². The Morgan fingerprint density at radius 3 is 2.73 bits per heavy atom. The number of amides is 1. The first kappa shape index (κ1) is 14.1. The lowest BCUT2D eigenvalue weighted by molar-refractivity contribution is 0.0488. The molecule has 0 bridgehead atoms. The van der Waals surface area contributed by atoms with Gasteiger partial charge in [-0.05, 0) is 39.3 Å². The first-order valence-electron chi connectivity index (χ1n) is 8.39. The Hall–Kier alpha value is -1.56. The van der Waals surface area contributed by atoms with Gasteiger partial charge in [-0.3, -0.25) is 4.79 Å². The number of hydrogen-bond acceptors (Lipinski definition) is 4. The number of nitrogens with zero attached hydrogens (tertiary/aromatic N) is 4. The van der Waals surface area contributed by atoms with Crippen LogP contribution in [0.5, 0.6) is 5.88 Å². The molecule has 0 atom stereocenters. The summed E-state index contributed by atoms with van der Waals surface area (Å²) in [6.07, 6.45) is 7.36. The van der Waals surface area contributed by atoms with Crippen LogP contribution in [0.1, 0.15) is 42.5 Å². The quantitative estimate of drug-likeness (QED) is 0.786. The van der Waals surface area contributed by atoms with Gasteiger partial charge in [0.2, 0.25) is 5.88 Å². The Morgan fingerprint density at radius 2 is 2.00 bits per heavy atom. The third kappa shape index (κ3) is 2.12. The zero-order valence-electron chi connectivity index (χ0n) is 13.3. The maximum absolute atomic E-state index is 12.8. The zero-order chi connectivity index (χ0) is 15.2. The Kier molecular flexibility index (Phi) is 3.36. The van der Waals surface area contributed by atoms with Crippen LogP contribution in [0.2, 0.25) is 0 Å². The van der Waals surface area contributed by atoms with Crippen molar-refractivity contribution in [2.45, 2.75) is 44.2 Å². The van der Waals surface area contributed by atoms with Gasteiger partial charge in [-0.1, -0.05) is 0 Å². The number of ether oxygens (including phenoxy) is 1. The van der Waals surface area contributed by atoms with Gasteiger partial charge in [-0.25, -0.2) is 4.68 Å². The summed E-state index contributed by atoms with van der Waals surface area (Å²) in [5.74, 6) is 0.744. The minimum atomic E-state index is 0.0821. The Balaban J connectivity index is 1.47. The highest BCUT2D eigenvalue weighted by Crippen LogP contribution is 2.37. The molecule has 1 amide bonds. The number of aryl methyl sites for hydroxylation is 1. The van der Waals surface area contributed by atoms with Crippen LogP contribution in [0, 0.1) is 0 Å². The molecule has 0 radical (unpaired) electrons. The minimum absolute atomic E-state index is 0.0821. The Bertz CT molecular complexity index is 575. The summed E-state index contributed by atoms with van der Waals surface area (Å²) in [6, 6.07) is 0. The fraction of sp³-hybridized carbons (Fsp3) is 0.750. The van der Waals surface area contributed by atoms with Gasteiger partial charge in [0.25, 0.3) is 5.91 Å². The van der Waals surface area contributed by atoms with Gasteiger partial charge >= 0.3 is 0 Å². The van der Waals surface area contributed by atoms with Crippen LogP contribution in [0.3, 0.4) is 0 Å². The van der Waals surface area contributed by atoms with E-state index in [0.29, 0.717) is 23.6 Å². The lowest BCUT2D eigenvalue weighted by Gasteiger charge is -2.43. The molecule has 1 spiro atoms. The monoisotopic (exact) mass is 304 g/mol. The molecule has 0 unspecified atom stereocenters. The SMILES string of the molecule is CN1CCCC12CCN(C(=O)c1cnn3c1OCCC3)CC2. The summed E-state index contributed by atoms with van der Waals surface area (Å²) in [4.78, 5) is 17.3. The molecule has 2 saturated heterocycles. The first-order valence-corrected chi connectivity index (χ1v) is 8.39. The van der Waals surface area contributed by atoms with Crippen LogP contribution in [0.25, 0.3) is 0 Å². The molecule has 4 rings (SSSR count). The summed E-state index contributed by atoms with van der Waals surface area (Å²) < 4.78 is 7.47. The first-order chi connectivity index (χ1) is 10.7. The van der Waals surface area contributed by atoms with Crippen molar-refractivity contribution >= 4 is 5.91 Å². The van der Waals surface area contributed by atoms with E-state index in [1.165, 1.54) is 19.4 Å². The van der Waals surface area contributed by atoms with Gasteiger partial charge < -0.3 is 14.5 Å². The molecule has 22 heavy (non-hydrogen) atoms. The molecule has 2 fully saturated rings. The number of hydrogen-bond donors (Lipinski definition) is 0. The lowest BCUT2D eigenvalue weighted by atomic mass is 9.85. The Labute approximate surface area is 131 Å². The largest absolute Gasteiger partial charge is 0.477 e. The average Bonchev–Trinajstić information content (AvgIpc) is 3.12. The summed E-state index contributed by atoms with van der Waals surface area (Å²) >= 11 is 0. The van der Waals surface area contributed by atoms with Crippen LogP contribution in [-0.4, -0.2) is 64.3 Å². The van der Waals surface area contributed by atoms with Crippen molar-refractivity contribution < 1.29 is 9.53 Å². The number of likely N-dealkylation sites (tertiary alicyclic amines) is 2. The van der Waals surface area contributed by atoms with Crippen LogP contribution in [-0.2, 0) is 6.54 Å². The molecule has 120 valence electrons. The molecule has 4 heterocycles. The molecule has 0 saturated carbocycles. The fourth-order valence-electron chi connectivity index (χ4n) is 4.22. The maximum atomic E-state index is 12.8. The average molecular weight is 304 g/mol. The second kappa shape index (κ2) is 5.26. The van der Waals surface area contributed by atoms with Crippen molar-refractivity contribution in [1.82, 2.24) is 19.6 Å². The molecular formula is C16H24N4O2. The van der Waals surface area contributed by atoms with Gasteiger partial charge in [0.05, 0.1) is 12.8 Å². The van der Waals surface area contributed by atoms with Gasteiger partial charge in [0.15, 0.2) is 0 Å². The second-order valence-corrected chi connectivity index (χ2v) is 6.83. The summed E-state index contributed by atoms with van der Waals surface area (Å²) in [7, 11) is 2.23. The summed E-state index contributed by atoms with van der Waals surface area (Å²) in [5.41, 5.74) is 0.974. The van der Waals surface area contributed by atoms with E-state index in [4.69, 9.17) is 4.74 Å². The number of aromatic nitrogens is 2. The lowest BCUT2D eigenvalue weighted by Crippen LogP contribution is -2.52. The van der Waals surface area contributed by atoms with Crippen molar-refractivity contribution in [3.63, 3.8) is 0 Å². The molecule has 1 aromatic heterocycles. The standard InChI is InChI=1S/C16H24N4O2/c1-18-7-2-4-16(18)5-9-19(10-6-16)14(21)13-12-17-20-8-3-11-22-15(13)20/h12H,2-11H2,1H3. The molecule has 6 nitrogen and oxygen atoms in total. The van der Waals surface area contributed by atoms with Crippen molar-refractivity contribution in [1.29, 1.82) is 0 Å². The molecule has 3 aliphatic heterocycles. The van der Waals surface area contributed by atoms with Crippen molar-refractivity contribution in [3.8, 4) is 5.88 Å².